The van der Waals surface area contributed by atoms with Crippen LogP contribution in [0.5, 0.6) is 0 Å². The van der Waals surface area contributed by atoms with Crippen molar-refractivity contribution < 1.29 is 17.8 Å². The molecular formula is C9H9BrN2O4S. The van der Waals surface area contributed by atoms with Gasteiger partial charge in [0.15, 0.2) is 0 Å². The summed E-state index contributed by atoms with van der Waals surface area (Å²) in [7, 11) is -4.42. The summed E-state index contributed by atoms with van der Waals surface area (Å²) < 4.78 is 30.9. The van der Waals surface area contributed by atoms with Crippen LogP contribution in [-0.4, -0.2) is 18.9 Å². The van der Waals surface area contributed by atoms with E-state index in [1.807, 2.05) is 0 Å². The standard InChI is InChI=1S/C9H9BrN2O4S/c1-5(10)9(13)12-6-3-2-4-7(8(6)11)17(14,15)16/h2-4H,1,11H2,(H,12,13)(H,14,15,16). The number of hydrogen-bond donors (Lipinski definition) is 3. The Morgan fingerprint density at radius 1 is 1.47 bits per heavy atom. The smallest absolute Gasteiger partial charge is 0.296 e. The van der Waals surface area contributed by atoms with Crippen LogP contribution in [-0.2, 0) is 14.9 Å². The van der Waals surface area contributed by atoms with Crippen LogP contribution in [0.15, 0.2) is 34.2 Å². The number of nitrogens with one attached hydrogen (secondary N) is 1. The number of halogens is 1. The zero-order valence-corrected chi connectivity index (χ0v) is 10.9. The number of amides is 1. The third-order valence-electron chi connectivity index (χ3n) is 1.84. The Bertz CT molecular complexity index is 583. The van der Waals surface area contributed by atoms with E-state index in [1.165, 1.54) is 12.1 Å². The summed E-state index contributed by atoms with van der Waals surface area (Å²) in [6.07, 6.45) is 0. The molecule has 4 N–H and O–H groups in total. The SMILES string of the molecule is C=C(Br)C(=O)Nc1cccc(S(=O)(=O)O)c1N. The summed E-state index contributed by atoms with van der Waals surface area (Å²) >= 11 is 2.86. The molecule has 0 radical (unpaired) electrons. The molecule has 0 spiro atoms. The topological polar surface area (TPSA) is 109 Å². The van der Waals surface area contributed by atoms with E-state index in [1.54, 1.807) is 0 Å². The lowest BCUT2D eigenvalue weighted by molar-refractivity contribution is -0.112. The van der Waals surface area contributed by atoms with Crippen molar-refractivity contribution in [2.24, 2.45) is 0 Å². The second kappa shape index (κ2) is 4.86. The zero-order chi connectivity index (χ0) is 13.2. The summed E-state index contributed by atoms with van der Waals surface area (Å²) in [5.41, 5.74) is 5.35. The van der Waals surface area contributed by atoms with Crippen LogP contribution < -0.4 is 11.1 Å². The fourth-order valence-electron chi connectivity index (χ4n) is 1.07. The highest BCUT2D eigenvalue weighted by Crippen LogP contribution is 2.26. The average molecular weight is 321 g/mol. The average Bonchev–Trinajstić information content (AvgIpc) is 2.19. The molecule has 1 aromatic rings. The van der Waals surface area contributed by atoms with E-state index in [-0.39, 0.29) is 15.9 Å². The van der Waals surface area contributed by atoms with E-state index in [0.717, 1.165) is 6.07 Å². The minimum Gasteiger partial charge on any atom is -0.396 e. The molecule has 8 heteroatoms. The first-order valence-corrected chi connectivity index (χ1v) is 6.48. The molecule has 0 saturated heterocycles. The third-order valence-corrected chi connectivity index (χ3v) is 3.11. The Hall–Kier alpha value is -1.38. The predicted octanol–water partition coefficient (Wildman–Crippen LogP) is 1.36. The predicted molar refractivity (Wildman–Crippen MR) is 67.4 cm³/mol. The number of anilines is 2. The Labute approximate surface area is 106 Å². The second-order valence-electron chi connectivity index (χ2n) is 3.05. The number of rotatable bonds is 3. The Morgan fingerprint density at radius 3 is 2.53 bits per heavy atom. The van der Waals surface area contributed by atoms with Crippen LogP contribution in [0.4, 0.5) is 11.4 Å². The van der Waals surface area contributed by atoms with Gasteiger partial charge in [-0.3, -0.25) is 9.35 Å². The first kappa shape index (κ1) is 13.7. The molecule has 0 aliphatic rings. The molecule has 0 atom stereocenters. The van der Waals surface area contributed by atoms with Gasteiger partial charge in [-0.15, -0.1) is 0 Å². The van der Waals surface area contributed by atoms with Crippen molar-refractivity contribution in [1.29, 1.82) is 0 Å². The summed E-state index contributed by atoms with van der Waals surface area (Å²) in [4.78, 5) is 10.8. The van der Waals surface area contributed by atoms with Crippen LogP contribution >= 0.6 is 15.9 Å². The van der Waals surface area contributed by atoms with Gasteiger partial charge in [-0.1, -0.05) is 12.6 Å². The lowest BCUT2D eigenvalue weighted by Gasteiger charge is -2.09. The molecule has 92 valence electrons. The summed E-state index contributed by atoms with van der Waals surface area (Å²) in [6.45, 7) is 3.35. The summed E-state index contributed by atoms with van der Waals surface area (Å²) in [6, 6.07) is 3.87. The Balaban J connectivity index is 3.21. The molecule has 1 aromatic carbocycles. The quantitative estimate of drug-likeness (QED) is 0.442. The molecule has 0 aliphatic heterocycles. The maximum atomic E-state index is 11.3. The molecular weight excluding hydrogens is 312 g/mol. The third kappa shape index (κ3) is 3.29. The molecule has 0 heterocycles. The van der Waals surface area contributed by atoms with Gasteiger partial charge < -0.3 is 11.1 Å². The molecule has 1 amide bonds. The van der Waals surface area contributed by atoms with Crippen LogP contribution in [0.2, 0.25) is 0 Å². The van der Waals surface area contributed by atoms with Crippen molar-refractivity contribution in [3.05, 3.63) is 29.3 Å². The van der Waals surface area contributed by atoms with Crippen molar-refractivity contribution in [3.63, 3.8) is 0 Å². The zero-order valence-electron chi connectivity index (χ0n) is 8.47. The highest BCUT2D eigenvalue weighted by atomic mass is 79.9. The fraction of sp³-hybridized carbons (Fsp3) is 0. The first-order valence-electron chi connectivity index (χ1n) is 4.25. The molecule has 6 nitrogen and oxygen atoms in total. The van der Waals surface area contributed by atoms with Gasteiger partial charge in [0.05, 0.1) is 15.9 Å². The highest BCUT2D eigenvalue weighted by molar-refractivity contribution is 9.12. The minimum atomic E-state index is -4.42. The van der Waals surface area contributed by atoms with Crippen LogP contribution in [0.1, 0.15) is 0 Å². The summed E-state index contributed by atoms with van der Waals surface area (Å²) in [5, 5.41) is 2.34. The molecule has 0 aromatic heterocycles. The minimum absolute atomic E-state index is 0.0640. The highest BCUT2D eigenvalue weighted by Gasteiger charge is 2.17. The van der Waals surface area contributed by atoms with Crippen molar-refractivity contribution in [1.82, 2.24) is 0 Å². The van der Waals surface area contributed by atoms with Gasteiger partial charge in [-0.05, 0) is 28.1 Å². The largest absolute Gasteiger partial charge is 0.396 e. The number of benzene rings is 1. The van der Waals surface area contributed by atoms with Gasteiger partial charge >= 0.3 is 0 Å². The van der Waals surface area contributed by atoms with Gasteiger partial charge in [0, 0.05) is 0 Å². The van der Waals surface area contributed by atoms with Crippen molar-refractivity contribution in [2.45, 2.75) is 4.90 Å². The van der Waals surface area contributed by atoms with Crippen molar-refractivity contribution in [3.8, 4) is 0 Å². The normalized spacial score (nSPS) is 10.9. The number of nitrogens with two attached hydrogens (primary N) is 1. The van der Waals surface area contributed by atoms with Gasteiger partial charge in [0.25, 0.3) is 16.0 Å². The lowest BCUT2D eigenvalue weighted by atomic mass is 10.2. The molecule has 0 fully saturated rings. The molecule has 0 unspecified atom stereocenters. The number of carbonyl (C=O) groups is 1. The first-order chi connectivity index (χ1) is 7.73. The molecule has 0 aliphatic carbocycles. The van der Waals surface area contributed by atoms with Crippen molar-refractivity contribution in [2.75, 3.05) is 11.1 Å². The van der Waals surface area contributed by atoms with Crippen LogP contribution in [0.25, 0.3) is 0 Å². The maximum absolute atomic E-state index is 11.3. The lowest BCUT2D eigenvalue weighted by Crippen LogP contribution is -2.13. The van der Waals surface area contributed by atoms with E-state index in [4.69, 9.17) is 10.3 Å². The molecule has 0 bridgehead atoms. The van der Waals surface area contributed by atoms with Crippen LogP contribution in [0, 0.1) is 0 Å². The van der Waals surface area contributed by atoms with E-state index < -0.39 is 20.9 Å². The van der Waals surface area contributed by atoms with Gasteiger partial charge in [-0.2, -0.15) is 8.42 Å². The molecule has 1 rings (SSSR count). The number of carbonyl (C=O) groups excluding carboxylic acids is 1. The van der Waals surface area contributed by atoms with E-state index in [9.17, 15) is 13.2 Å². The number of nitrogen functional groups attached to an aromatic ring is 1. The maximum Gasteiger partial charge on any atom is 0.296 e. The van der Waals surface area contributed by atoms with Crippen molar-refractivity contribution >= 4 is 43.3 Å². The van der Waals surface area contributed by atoms with Gasteiger partial charge in [0.1, 0.15) is 4.90 Å². The number of para-hydroxylation sites is 1. The summed E-state index contributed by atoms with van der Waals surface area (Å²) in [5.74, 6) is -0.566. The number of hydrogen-bond acceptors (Lipinski definition) is 4. The monoisotopic (exact) mass is 320 g/mol. The molecule has 17 heavy (non-hydrogen) atoms. The van der Waals surface area contributed by atoms with E-state index in [0.29, 0.717) is 0 Å². The van der Waals surface area contributed by atoms with E-state index >= 15 is 0 Å². The van der Waals surface area contributed by atoms with Crippen LogP contribution in [0.3, 0.4) is 0 Å². The van der Waals surface area contributed by atoms with Gasteiger partial charge in [0.2, 0.25) is 0 Å². The fourth-order valence-corrected chi connectivity index (χ4v) is 1.81. The van der Waals surface area contributed by atoms with E-state index in [2.05, 4.69) is 27.8 Å². The Morgan fingerprint density at radius 2 is 2.06 bits per heavy atom. The second-order valence-corrected chi connectivity index (χ2v) is 5.40. The Kier molecular flexibility index (Phi) is 3.91. The molecule has 0 saturated carbocycles. The van der Waals surface area contributed by atoms with Gasteiger partial charge in [-0.25, -0.2) is 0 Å².